The highest BCUT2D eigenvalue weighted by Crippen LogP contribution is 2.43. The molecule has 0 aliphatic heterocycles. The lowest BCUT2D eigenvalue weighted by Gasteiger charge is -2.16. The van der Waals surface area contributed by atoms with Crippen LogP contribution in [0, 0.1) is 0 Å². The normalized spacial score (nSPS) is 11.6. The number of fused-ring (bicyclic) bond motifs is 5. The van der Waals surface area contributed by atoms with Crippen LogP contribution in [-0.4, -0.2) is 24.5 Å². The number of hydrogen-bond donors (Lipinski definition) is 0. The van der Waals surface area contributed by atoms with Crippen LogP contribution in [0.1, 0.15) is 0 Å². The van der Waals surface area contributed by atoms with E-state index in [0.29, 0.717) is 17.5 Å². The molecular formula is C50H31N5S. The van der Waals surface area contributed by atoms with Gasteiger partial charge in [0.05, 0.1) is 26.9 Å². The second-order valence-electron chi connectivity index (χ2n) is 13.8. The van der Waals surface area contributed by atoms with Crippen molar-refractivity contribution in [3.05, 3.63) is 188 Å². The van der Waals surface area contributed by atoms with E-state index in [1.807, 2.05) is 60.7 Å². The van der Waals surface area contributed by atoms with Crippen LogP contribution < -0.4 is 0 Å². The van der Waals surface area contributed by atoms with Gasteiger partial charge in [0.15, 0.2) is 17.5 Å². The van der Waals surface area contributed by atoms with Crippen molar-refractivity contribution in [2.24, 2.45) is 0 Å². The smallest absolute Gasteiger partial charge is 0.164 e. The van der Waals surface area contributed by atoms with Gasteiger partial charge in [-0.15, -0.1) is 11.3 Å². The fraction of sp³-hybridized carbons (Fsp3) is 0. The molecule has 0 bridgehead atoms. The van der Waals surface area contributed by atoms with Gasteiger partial charge in [-0.3, -0.25) is 0 Å². The number of hydrogen-bond acceptors (Lipinski definition) is 5. The van der Waals surface area contributed by atoms with Crippen LogP contribution in [0.4, 0.5) is 0 Å². The first-order valence-corrected chi connectivity index (χ1v) is 19.5. The first kappa shape index (κ1) is 32.2. The SMILES string of the molecule is c1ccc(-c2nc(-c3ccccc3)nc(-c3ccc(-c4ccc(-n5c6ccccc6c6cccc(-c7nc8ccccc8s7)c65)c5ccccc45)cc3)n2)cc1. The summed E-state index contributed by atoms with van der Waals surface area (Å²) in [6.07, 6.45) is 0. The molecule has 0 aliphatic carbocycles. The molecule has 3 aromatic heterocycles. The molecule has 3 heterocycles. The van der Waals surface area contributed by atoms with Crippen molar-refractivity contribution in [1.82, 2.24) is 24.5 Å². The maximum atomic E-state index is 5.12. The first-order valence-electron chi connectivity index (χ1n) is 18.6. The van der Waals surface area contributed by atoms with E-state index < -0.39 is 0 Å². The van der Waals surface area contributed by atoms with Gasteiger partial charge < -0.3 is 4.57 Å². The molecule has 0 radical (unpaired) electrons. The second-order valence-corrected chi connectivity index (χ2v) is 14.9. The summed E-state index contributed by atoms with van der Waals surface area (Å²) >= 11 is 1.74. The lowest BCUT2D eigenvalue weighted by atomic mass is 9.96. The Hall–Kier alpha value is -7.28. The van der Waals surface area contributed by atoms with E-state index in [0.717, 1.165) is 55.1 Å². The Labute approximate surface area is 326 Å². The highest BCUT2D eigenvalue weighted by Gasteiger charge is 2.20. The molecule has 0 saturated heterocycles. The molecule has 0 spiro atoms. The van der Waals surface area contributed by atoms with Crippen LogP contribution in [0.3, 0.4) is 0 Å². The predicted molar refractivity (Wildman–Crippen MR) is 232 cm³/mol. The molecule has 0 N–H and O–H groups in total. The quantitative estimate of drug-likeness (QED) is 0.171. The molecule has 11 aromatic rings. The summed E-state index contributed by atoms with van der Waals surface area (Å²) in [6, 6.07) is 65.8. The monoisotopic (exact) mass is 733 g/mol. The Bertz CT molecular complexity index is 3150. The predicted octanol–water partition coefficient (Wildman–Crippen LogP) is 13.1. The van der Waals surface area contributed by atoms with Crippen LogP contribution in [0.2, 0.25) is 0 Å². The van der Waals surface area contributed by atoms with Crippen LogP contribution in [0.5, 0.6) is 0 Å². The van der Waals surface area contributed by atoms with Gasteiger partial charge in [-0.25, -0.2) is 19.9 Å². The zero-order chi connectivity index (χ0) is 37.0. The second kappa shape index (κ2) is 13.2. The van der Waals surface area contributed by atoms with Crippen LogP contribution in [0.25, 0.3) is 104 Å². The molecule has 0 unspecified atom stereocenters. The molecule has 0 aliphatic rings. The van der Waals surface area contributed by atoms with Gasteiger partial charge in [0.1, 0.15) is 5.01 Å². The molecule has 56 heavy (non-hydrogen) atoms. The van der Waals surface area contributed by atoms with E-state index in [2.05, 4.69) is 132 Å². The van der Waals surface area contributed by atoms with E-state index in [1.165, 1.54) is 31.8 Å². The highest BCUT2D eigenvalue weighted by molar-refractivity contribution is 7.21. The Morgan fingerprint density at radius 1 is 0.357 bits per heavy atom. The van der Waals surface area contributed by atoms with Gasteiger partial charge in [-0.05, 0) is 46.8 Å². The zero-order valence-electron chi connectivity index (χ0n) is 30.0. The van der Waals surface area contributed by atoms with Crippen molar-refractivity contribution in [2.75, 3.05) is 0 Å². The van der Waals surface area contributed by atoms with Crippen molar-refractivity contribution in [1.29, 1.82) is 0 Å². The van der Waals surface area contributed by atoms with Crippen molar-refractivity contribution in [2.45, 2.75) is 0 Å². The van der Waals surface area contributed by atoms with Gasteiger partial charge >= 0.3 is 0 Å². The van der Waals surface area contributed by atoms with Gasteiger partial charge in [-0.1, -0.05) is 158 Å². The number of aromatic nitrogens is 5. The lowest BCUT2D eigenvalue weighted by Crippen LogP contribution is -2.00. The minimum absolute atomic E-state index is 0.639. The van der Waals surface area contributed by atoms with E-state index in [1.54, 1.807) is 11.3 Å². The van der Waals surface area contributed by atoms with Crippen molar-refractivity contribution in [3.63, 3.8) is 0 Å². The van der Waals surface area contributed by atoms with Crippen molar-refractivity contribution in [3.8, 4) is 61.5 Å². The average Bonchev–Trinajstić information content (AvgIpc) is 3.86. The molecule has 0 amide bonds. The van der Waals surface area contributed by atoms with Gasteiger partial charge in [0.25, 0.3) is 0 Å². The fourth-order valence-corrected chi connectivity index (χ4v) is 8.89. The maximum absolute atomic E-state index is 5.12. The molecular weight excluding hydrogens is 703 g/mol. The molecule has 6 heteroatoms. The van der Waals surface area contributed by atoms with Crippen LogP contribution >= 0.6 is 11.3 Å². The molecule has 5 nitrogen and oxygen atoms in total. The molecule has 0 atom stereocenters. The van der Waals surface area contributed by atoms with E-state index in [4.69, 9.17) is 19.9 Å². The minimum Gasteiger partial charge on any atom is -0.308 e. The summed E-state index contributed by atoms with van der Waals surface area (Å²) in [5.41, 5.74) is 10.7. The van der Waals surface area contributed by atoms with Crippen LogP contribution in [0.15, 0.2) is 188 Å². The fourth-order valence-electron chi connectivity index (χ4n) is 7.90. The first-order chi connectivity index (χ1) is 27.8. The molecule has 11 rings (SSSR count). The minimum atomic E-state index is 0.639. The molecule has 0 saturated carbocycles. The van der Waals surface area contributed by atoms with Crippen molar-refractivity contribution >= 4 is 54.1 Å². The zero-order valence-corrected chi connectivity index (χ0v) is 30.9. The third kappa shape index (κ3) is 5.38. The third-order valence-corrected chi connectivity index (χ3v) is 11.6. The number of para-hydroxylation sites is 3. The van der Waals surface area contributed by atoms with E-state index in [-0.39, 0.29) is 0 Å². The number of rotatable bonds is 6. The largest absolute Gasteiger partial charge is 0.308 e. The molecule has 8 aromatic carbocycles. The number of benzene rings is 8. The summed E-state index contributed by atoms with van der Waals surface area (Å²) in [6.45, 7) is 0. The summed E-state index contributed by atoms with van der Waals surface area (Å²) in [4.78, 5) is 19.9. The van der Waals surface area contributed by atoms with Gasteiger partial charge in [-0.2, -0.15) is 0 Å². The maximum Gasteiger partial charge on any atom is 0.164 e. The van der Waals surface area contributed by atoms with Crippen LogP contribution in [-0.2, 0) is 0 Å². The Balaban J connectivity index is 1.05. The summed E-state index contributed by atoms with van der Waals surface area (Å²) in [5.74, 6) is 1.94. The van der Waals surface area contributed by atoms with Crippen molar-refractivity contribution < 1.29 is 0 Å². The highest BCUT2D eigenvalue weighted by atomic mass is 32.1. The third-order valence-electron chi connectivity index (χ3n) is 10.5. The topological polar surface area (TPSA) is 56.5 Å². The van der Waals surface area contributed by atoms with E-state index >= 15 is 0 Å². The summed E-state index contributed by atoms with van der Waals surface area (Å²) < 4.78 is 3.63. The van der Waals surface area contributed by atoms with Gasteiger partial charge in [0, 0.05) is 38.4 Å². The Morgan fingerprint density at radius 3 is 1.61 bits per heavy atom. The van der Waals surface area contributed by atoms with E-state index in [9.17, 15) is 0 Å². The van der Waals surface area contributed by atoms with Gasteiger partial charge in [0.2, 0.25) is 0 Å². The Morgan fingerprint density at radius 2 is 0.911 bits per heavy atom. The molecule has 0 fully saturated rings. The standard InChI is InChI=1S/C50H31N5S/c1-3-14-33(15-4-1)47-52-48(34-16-5-2-6-17-34)54-49(53-47)35-28-26-32(27-29-35)36-30-31-44(38-19-8-7-18-37(36)38)55-43-24-11-9-20-39(43)40-21-13-22-41(46(40)55)50-51-42-23-10-12-25-45(42)56-50/h1-31H. The summed E-state index contributed by atoms with van der Waals surface area (Å²) in [7, 11) is 0. The Kier molecular flexibility index (Phi) is 7.60. The molecule has 262 valence electrons. The number of thiazole rings is 1. The number of nitrogens with zero attached hydrogens (tertiary/aromatic N) is 5. The summed E-state index contributed by atoms with van der Waals surface area (Å²) in [5, 5.41) is 5.81. The average molecular weight is 734 g/mol. The lowest BCUT2D eigenvalue weighted by molar-refractivity contribution is 1.07.